The minimum Gasteiger partial charge on any atom is -0.468 e. The first kappa shape index (κ1) is 17.3. The second-order valence-corrected chi connectivity index (χ2v) is 6.19. The second-order valence-electron chi connectivity index (χ2n) is 5.75. The first-order valence-corrected chi connectivity index (χ1v) is 8.04. The van der Waals surface area contributed by atoms with Crippen LogP contribution in [0.3, 0.4) is 0 Å². The number of pyridine rings is 1. The normalized spacial score (nSPS) is 25.5. The summed E-state index contributed by atoms with van der Waals surface area (Å²) in [5.74, 6) is -1.25. The van der Waals surface area contributed by atoms with E-state index in [1.54, 1.807) is 48.7 Å². The third-order valence-electron chi connectivity index (χ3n) is 4.39. The van der Waals surface area contributed by atoms with Crippen LogP contribution in [0.4, 0.5) is 0 Å². The summed E-state index contributed by atoms with van der Waals surface area (Å²) in [5, 5.41) is 15.4. The molecule has 4 atom stereocenters. The number of carbonyl (C=O) groups is 1. The summed E-state index contributed by atoms with van der Waals surface area (Å²) in [5.41, 5.74) is 1.15. The van der Waals surface area contributed by atoms with E-state index in [-0.39, 0.29) is 4.92 Å². The van der Waals surface area contributed by atoms with Gasteiger partial charge in [0.1, 0.15) is 12.1 Å². The van der Waals surface area contributed by atoms with E-state index in [1.165, 1.54) is 7.11 Å². The van der Waals surface area contributed by atoms with Crippen molar-refractivity contribution in [1.29, 1.82) is 0 Å². The number of nitrogens with one attached hydrogen (secondary N) is 1. The molecule has 8 heteroatoms. The van der Waals surface area contributed by atoms with Crippen LogP contribution in [0.2, 0.25) is 5.02 Å². The van der Waals surface area contributed by atoms with Crippen molar-refractivity contribution in [2.75, 3.05) is 7.11 Å². The van der Waals surface area contributed by atoms with Crippen molar-refractivity contribution in [1.82, 2.24) is 10.3 Å². The molecule has 1 aromatic carbocycles. The quantitative estimate of drug-likeness (QED) is 0.510. The van der Waals surface area contributed by atoms with Crippen LogP contribution >= 0.6 is 11.6 Å². The van der Waals surface area contributed by atoms with Crippen LogP contribution in [0.15, 0.2) is 48.7 Å². The zero-order valence-electron chi connectivity index (χ0n) is 13.3. The first-order chi connectivity index (χ1) is 12.0. The number of carbonyl (C=O) groups excluding carboxylic acids is 1. The molecule has 2 heterocycles. The molecule has 25 heavy (non-hydrogen) atoms. The Kier molecular flexibility index (Phi) is 4.96. The van der Waals surface area contributed by atoms with Gasteiger partial charge in [0.15, 0.2) is 0 Å². The molecule has 7 nitrogen and oxygen atoms in total. The van der Waals surface area contributed by atoms with Gasteiger partial charge in [-0.1, -0.05) is 29.8 Å². The molecule has 0 spiro atoms. The summed E-state index contributed by atoms with van der Waals surface area (Å²) >= 11 is 5.92. The summed E-state index contributed by atoms with van der Waals surface area (Å²) in [7, 11) is 1.26. The number of benzene rings is 1. The highest BCUT2D eigenvalue weighted by atomic mass is 35.5. The van der Waals surface area contributed by atoms with Gasteiger partial charge in [0.05, 0.1) is 18.7 Å². The lowest BCUT2D eigenvalue weighted by molar-refractivity contribution is -0.527. The molecule has 1 N–H and O–H groups in total. The maximum Gasteiger partial charge on any atom is 0.323 e. The van der Waals surface area contributed by atoms with Crippen LogP contribution in [-0.2, 0) is 9.53 Å². The van der Waals surface area contributed by atoms with Crippen LogP contribution in [0.5, 0.6) is 0 Å². The number of aromatic nitrogens is 1. The van der Waals surface area contributed by atoms with E-state index in [2.05, 4.69) is 10.3 Å². The second kappa shape index (κ2) is 7.16. The molecule has 1 aliphatic rings. The van der Waals surface area contributed by atoms with Crippen molar-refractivity contribution in [3.8, 4) is 0 Å². The standard InChI is InChI=1S/C17H16ClN3O4/c1-25-17(22)15-13(10-5-7-11(18)8-6-10)16(21(23)24)14(20-15)12-4-2-3-9-19-12/h2-9,13-16,20H,1H3. The third-order valence-corrected chi connectivity index (χ3v) is 4.64. The van der Waals surface area contributed by atoms with E-state index >= 15 is 0 Å². The van der Waals surface area contributed by atoms with Crippen LogP contribution in [0.25, 0.3) is 0 Å². The molecule has 130 valence electrons. The molecule has 4 unspecified atom stereocenters. The molecule has 0 amide bonds. The van der Waals surface area contributed by atoms with Crippen molar-refractivity contribution in [2.24, 2.45) is 0 Å². The fourth-order valence-corrected chi connectivity index (χ4v) is 3.42. The predicted octanol–water partition coefficient (Wildman–Crippen LogP) is 2.35. The molecule has 0 radical (unpaired) electrons. The molecule has 0 saturated carbocycles. The number of methoxy groups -OCH3 is 1. The molecule has 0 aliphatic carbocycles. The Morgan fingerprint density at radius 3 is 2.56 bits per heavy atom. The first-order valence-electron chi connectivity index (χ1n) is 7.66. The lowest BCUT2D eigenvalue weighted by atomic mass is 9.86. The number of nitrogens with zero attached hydrogens (tertiary/aromatic N) is 2. The van der Waals surface area contributed by atoms with E-state index in [0.29, 0.717) is 16.3 Å². The van der Waals surface area contributed by atoms with E-state index in [0.717, 1.165) is 0 Å². The number of rotatable bonds is 4. The molecule has 2 aromatic rings. The zero-order chi connectivity index (χ0) is 18.0. The number of ether oxygens (including phenoxy) is 1. The van der Waals surface area contributed by atoms with E-state index in [9.17, 15) is 14.9 Å². The minimum absolute atomic E-state index is 0.367. The van der Waals surface area contributed by atoms with Crippen LogP contribution in [-0.4, -0.2) is 35.1 Å². The van der Waals surface area contributed by atoms with E-state index in [1.807, 2.05) is 0 Å². The Morgan fingerprint density at radius 1 is 1.28 bits per heavy atom. The highest BCUT2D eigenvalue weighted by Crippen LogP contribution is 2.40. The lowest BCUT2D eigenvalue weighted by Crippen LogP contribution is -2.37. The van der Waals surface area contributed by atoms with Gasteiger partial charge < -0.3 is 4.74 Å². The Morgan fingerprint density at radius 2 is 2.00 bits per heavy atom. The van der Waals surface area contributed by atoms with Crippen LogP contribution < -0.4 is 5.32 Å². The number of halogens is 1. The van der Waals surface area contributed by atoms with E-state index in [4.69, 9.17) is 16.3 Å². The maximum absolute atomic E-state index is 12.3. The van der Waals surface area contributed by atoms with Gasteiger partial charge in [-0.05, 0) is 29.8 Å². The van der Waals surface area contributed by atoms with Crippen LogP contribution in [0, 0.1) is 10.1 Å². The van der Waals surface area contributed by atoms with Crippen molar-refractivity contribution in [3.05, 3.63) is 75.1 Å². The van der Waals surface area contributed by atoms with Gasteiger partial charge >= 0.3 is 5.97 Å². The van der Waals surface area contributed by atoms with Crippen molar-refractivity contribution < 1.29 is 14.5 Å². The zero-order valence-corrected chi connectivity index (χ0v) is 14.1. The van der Waals surface area contributed by atoms with Gasteiger partial charge in [-0.15, -0.1) is 0 Å². The van der Waals surface area contributed by atoms with Gasteiger partial charge in [-0.25, -0.2) is 0 Å². The molecular weight excluding hydrogens is 346 g/mol. The lowest BCUT2D eigenvalue weighted by Gasteiger charge is -2.19. The maximum atomic E-state index is 12.3. The molecular formula is C17H16ClN3O4. The van der Waals surface area contributed by atoms with Gasteiger partial charge in [0, 0.05) is 16.1 Å². The summed E-state index contributed by atoms with van der Waals surface area (Å²) < 4.78 is 4.85. The number of hydrogen-bond acceptors (Lipinski definition) is 6. The molecule has 1 saturated heterocycles. The van der Waals surface area contributed by atoms with Crippen molar-refractivity contribution >= 4 is 17.6 Å². The van der Waals surface area contributed by atoms with Crippen molar-refractivity contribution in [3.63, 3.8) is 0 Å². The predicted molar refractivity (Wildman–Crippen MR) is 90.9 cm³/mol. The van der Waals surface area contributed by atoms with Gasteiger partial charge in [-0.2, -0.15) is 0 Å². The Labute approximate surface area is 149 Å². The fraction of sp³-hybridized carbons (Fsp3) is 0.294. The largest absolute Gasteiger partial charge is 0.468 e. The van der Waals surface area contributed by atoms with Gasteiger partial charge in [-0.3, -0.25) is 25.2 Å². The van der Waals surface area contributed by atoms with Crippen LogP contribution in [0.1, 0.15) is 23.2 Å². The topological polar surface area (TPSA) is 94.4 Å². The molecule has 0 bridgehead atoms. The van der Waals surface area contributed by atoms with Gasteiger partial charge in [0.2, 0.25) is 6.04 Å². The Bertz CT molecular complexity index is 769. The molecule has 3 rings (SSSR count). The number of nitro groups is 1. The summed E-state index contributed by atoms with van der Waals surface area (Å²) in [4.78, 5) is 28.0. The smallest absolute Gasteiger partial charge is 0.323 e. The summed E-state index contributed by atoms with van der Waals surface area (Å²) in [6.45, 7) is 0. The highest BCUT2D eigenvalue weighted by Gasteiger charge is 2.55. The number of esters is 1. The average Bonchev–Trinajstić information content (AvgIpc) is 3.03. The third kappa shape index (κ3) is 3.33. The Hall–Kier alpha value is -2.51. The summed E-state index contributed by atoms with van der Waals surface area (Å²) in [6, 6.07) is 9.25. The highest BCUT2D eigenvalue weighted by molar-refractivity contribution is 6.30. The average molecular weight is 362 g/mol. The fourth-order valence-electron chi connectivity index (χ4n) is 3.29. The monoisotopic (exact) mass is 361 g/mol. The molecule has 1 fully saturated rings. The van der Waals surface area contributed by atoms with Gasteiger partial charge in [0.25, 0.3) is 0 Å². The van der Waals surface area contributed by atoms with Crippen molar-refractivity contribution in [2.45, 2.75) is 24.0 Å². The minimum atomic E-state index is -1.07. The molecule has 1 aliphatic heterocycles. The molecule has 1 aromatic heterocycles. The Balaban J connectivity index is 2.08. The number of hydrogen-bond donors (Lipinski definition) is 1. The van der Waals surface area contributed by atoms with E-state index < -0.39 is 30.0 Å². The summed E-state index contributed by atoms with van der Waals surface area (Å²) in [6.07, 6.45) is 1.57. The SMILES string of the molecule is COC(=O)C1NC(c2ccccn2)C([N+](=O)[O-])C1c1ccc(Cl)cc1.